The van der Waals surface area contributed by atoms with Crippen LogP contribution < -0.4 is 5.32 Å². The number of hydrogen-bond donors (Lipinski definition) is 1. The van der Waals surface area contributed by atoms with Crippen molar-refractivity contribution in [1.29, 1.82) is 0 Å². The Balaban J connectivity index is 1.72. The molecule has 0 saturated heterocycles. The van der Waals surface area contributed by atoms with Gasteiger partial charge in [0.05, 0.1) is 16.9 Å². The fourth-order valence-corrected chi connectivity index (χ4v) is 4.65. The summed E-state index contributed by atoms with van der Waals surface area (Å²) >= 11 is 0. The molecule has 1 saturated carbocycles. The van der Waals surface area contributed by atoms with Gasteiger partial charge in [-0.2, -0.15) is 0 Å². The van der Waals surface area contributed by atoms with Crippen molar-refractivity contribution in [3.8, 4) is 11.1 Å². The van der Waals surface area contributed by atoms with Crippen molar-refractivity contribution in [2.24, 2.45) is 5.92 Å². The molecule has 1 amide bonds. The molecular weight excluding hydrogens is 368 g/mol. The topological polar surface area (TPSA) is 42.0 Å². The molecule has 1 N–H and O–H groups in total. The molecule has 0 atom stereocenters. The summed E-state index contributed by atoms with van der Waals surface area (Å²) in [6.07, 6.45) is 8.88. The second-order valence-electron chi connectivity index (χ2n) is 8.71. The van der Waals surface area contributed by atoms with E-state index in [2.05, 4.69) is 60.8 Å². The van der Waals surface area contributed by atoms with Gasteiger partial charge in [-0.1, -0.05) is 69.4 Å². The molecule has 0 unspecified atom stereocenters. The lowest BCUT2D eigenvalue weighted by atomic mass is 9.85. The highest BCUT2D eigenvalue weighted by Crippen LogP contribution is 2.32. The summed E-state index contributed by atoms with van der Waals surface area (Å²) in [7, 11) is 0. The minimum Gasteiger partial charge on any atom is -0.324 e. The van der Waals surface area contributed by atoms with Gasteiger partial charge in [0, 0.05) is 11.8 Å². The van der Waals surface area contributed by atoms with Crippen LogP contribution in [0.25, 0.3) is 22.0 Å². The number of nitrogens with zero attached hydrogens (tertiary/aromatic N) is 1. The Morgan fingerprint density at radius 2 is 1.87 bits per heavy atom. The van der Waals surface area contributed by atoms with E-state index >= 15 is 0 Å². The number of nitrogens with one attached hydrogen (secondary N) is 1. The first kappa shape index (κ1) is 20.6. The number of aryl methyl sites for hydroxylation is 1. The molecule has 1 fully saturated rings. The molecule has 0 spiro atoms. The third-order valence-corrected chi connectivity index (χ3v) is 6.31. The smallest absolute Gasteiger partial charge is 0.224 e. The highest BCUT2D eigenvalue weighted by Gasteiger charge is 2.18. The number of fused-ring (bicyclic) bond motifs is 1. The number of anilines is 1. The molecule has 156 valence electrons. The second kappa shape index (κ2) is 9.42. The highest BCUT2D eigenvalue weighted by molar-refractivity contribution is 5.95. The average molecular weight is 401 g/mol. The van der Waals surface area contributed by atoms with Gasteiger partial charge in [0.1, 0.15) is 0 Å². The lowest BCUT2D eigenvalue weighted by Crippen LogP contribution is -2.16. The molecule has 4 rings (SSSR count). The quantitative estimate of drug-likeness (QED) is 0.481. The van der Waals surface area contributed by atoms with E-state index < -0.39 is 0 Å². The van der Waals surface area contributed by atoms with Crippen LogP contribution >= 0.6 is 0 Å². The van der Waals surface area contributed by atoms with Crippen LogP contribution in [0.2, 0.25) is 0 Å². The summed E-state index contributed by atoms with van der Waals surface area (Å²) in [5, 5.41) is 4.24. The number of benzene rings is 2. The Hall–Kier alpha value is -2.68. The first-order valence-corrected chi connectivity index (χ1v) is 11.4. The third kappa shape index (κ3) is 4.72. The summed E-state index contributed by atoms with van der Waals surface area (Å²) < 4.78 is 0. The molecule has 3 heteroatoms. The van der Waals surface area contributed by atoms with Crippen LogP contribution in [0.5, 0.6) is 0 Å². The van der Waals surface area contributed by atoms with Gasteiger partial charge >= 0.3 is 0 Å². The van der Waals surface area contributed by atoms with Crippen molar-refractivity contribution in [3.63, 3.8) is 0 Å². The Bertz CT molecular complexity index is 1030. The Morgan fingerprint density at radius 1 is 1.07 bits per heavy atom. The maximum absolute atomic E-state index is 12.4. The number of hydrogen-bond acceptors (Lipinski definition) is 2. The number of amides is 1. The van der Waals surface area contributed by atoms with E-state index in [1.165, 1.54) is 48.8 Å². The van der Waals surface area contributed by atoms with Gasteiger partial charge in [0.2, 0.25) is 5.91 Å². The van der Waals surface area contributed by atoms with Crippen molar-refractivity contribution in [3.05, 3.63) is 59.8 Å². The minimum atomic E-state index is 0.0820. The first-order valence-electron chi connectivity index (χ1n) is 11.4. The lowest BCUT2D eigenvalue weighted by molar-refractivity contribution is -0.116. The van der Waals surface area contributed by atoms with Crippen LogP contribution in [0, 0.1) is 12.8 Å². The fourth-order valence-electron chi connectivity index (χ4n) is 4.65. The SMILES string of the molecule is CCCC(=O)Nc1cc2cc(-c3ccccc3C)ccc2nc1CC1CCCCC1. The van der Waals surface area contributed by atoms with Gasteiger partial charge in [-0.3, -0.25) is 9.78 Å². The van der Waals surface area contributed by atoms with Crippen LogP contribution in [-0.2, 0) is 11.2 Å². The lowest BCUT2D eigenvalue weighted by Gasteiger charge is -2.22. The van der Waals surface area contributed by atoms with Crippen LogP contribution in [0.3, 0.4) is 0 Å². The molecule has 0 aliphatic heterocycles. The van der Waals surface area contributed by atoms with Crippen molar-refractivity contribution >= 4 is 22.5 Å². The predicted octanol–water partition coefficient (Wildman–Crippen LogP) is 7.07. The minimum absolute atomic E-state index is 0.0820. The average Bonchev–Trinajstić information content (AvgIpc) is 2.75. The van der Waals surface area contributed by atoms with Gasteiger partial charge in [-0.25, -0.2) is 0 Å². The molecule has 3 aromatic rings. The largest absolute Gasteiger partial charge is 0.324 e. The molecule has 1 aromatic heterocycles. The molecule has 0 bridgehead atoms. The number of rotatable bonds is 6. The molecule has 0 radical (unpaired) electrons. The Kier molecular flexibility index (Phi) is 6.47. The molecule has 30 heavy (non-hydrogen) atoms. The molecule has 2 aromatic carbocycles. The van der Waals surface area contributed by atoms with Gasteiger partial charge in [0.25, 0.3) is 0 Å². The van der Waals surface area contributed by atoms with Gasteiger partial charge in [-0.05, 0) is 60.6 Å². The first-order chi connectivity index (χ1) is 14.6. The van der Waals surface area contributed by atoms with Gasteiger partial charge in [0.15, 0.2) is 0 Å². The van der Waals surface area contributed by atoms with Crippen LogP contribution in [0.4, 0.5) is 5.69 Å². The summed E-state index contributed by atoms with van der Waals surface area (Å²) in [5.74, 6) is 0.760. The predicted molar refractivity (Wildman–Crippen MR) is 126 cm³/mol. The second-order valence-corrected chi connectivity index (χ2v) is 8.71. The van der Waals surface area contributed by atoms with E-state index in [0.29, 0.717) is 12.3 Å². The monoisotopic (exact) mass is 400 g/mol. The number of aromatic nitrogens is 1. The van der Waals surface area contributed by atoms with Crippen LogP contribution in [-0.4, -0.2) is 10.9 Å². The summed E-state index contributed by atoms with van der Waals surface area (Å²) in [4.78, 5) is 17.4. The van der Waals surface area contributed by atoms with Crippen molar-refractivity contribution in [1.82, 2.24) is 4.98 Å². The van der Waals surface area contributed by atoms with E-state index in [-0.39, 0.29) is 5.91 Å². The zero-order chi connectivity index (χ0) is 20.9. The van der Waals surface area contributed by atoms with E-state index in [9.17, 15) is 4.79 Å². The molecule has 1 aliphatic rings. The Morgan fingerprint density at radius 3 is 2.63 bits per heavy atom. The molecule has 1 aliphatic carbocycles. The highest BCUT2D eigenvalue weighted by atomic mass is 16.1. The van der Waals surface area contributed by atoms with Gasteiger partial charge in [-0.15, -0.1) is 0 Å². The maximum Gasteiger partial charge on any atom is 0.224 e. The molecule has 1 heterocycles. The van der Waals surface area contributed by atoms with E-state index in [4.69, 9.17) is 4.98 Å². The zero-order valence-electron chi connectivity index (χ0n) is 18.2. The van der Waals surface area contributed by atoms with Crippen LogP contribution in [0.1, 0.15) is 63.1 Å². The summed E-state index contributed by atoms with van der Waals surface area (Å²) in [6, 6.07) is 17.1. The van der Waals surface area contributed by atoms with Gasteiger partial charge < -0.3 is 5.32 Å². The number of carbonyl (C=O) groups is 1. The number of pyridine rings is 1. The van der Waals surface area contributed by atoms with E-state index in [0.717, 1.165) is 35.1 Å². The molecule has 3 nitrogen and oxygen atoms in total. The molecular formula is C27H32N2O. The van der Waals surface area contributed by atoms with E-state index in [1.54, 1.807) is 0 Å². The van der Waals surface area contributed by atoms with E-state index in [1.807, 2.05) is 6.92 Å². The van der Waals surface area contributed by atoms with Crippen molar-refractivity contribution in [2.75, 3.05) is 5.32 Å². The third-order valence-electron chi connectivity index (χ3n) is 6.31. The fraction of sp³-hybridized carbons (Fsp3) is 0.407. The normalized spacial score (nSPS) is 14.7. The number of carbonyl (C=O) groups excluding carboxylic acids is 1. The summed E-state index contributed by atoms with van der Waals surface area (Å²) in [6.45, 7) is 4.18. The Labute approximate surface area is 179 Å². The van der Waals surface area contributed by atoms with Crippen molar-refractivity contribution in [2.45, 2.75) is 65.2 Å². The standard InChI is InChI=1S/C27H32N2O/c1-3-9-27(30)29-26-18-22-17-21(23-13-8-7-10-19(23)2)14-15-24(22)28-25(26)16-20-11-5-4-6-12-20/h7-8,10,13-15,17-18,20H,3-6,9,11-12,16H2,1-2H3,(H,29,30). The van der Waals surface area contributed by atoms with Crippen LogP contribution in [0.15, 0.2) is 48.5 Å². The summed E-state index contributed by atoms with van der Waals surface area (Å²) in [5.41, 5.74) is 6.63. The van der Waals surface area contributed by atoms with Crippen molar-refractivity contribution < 1.29 is 4.79 Å². The zero-order valence-corrected chi connectivity index (χ0v) is 18.2. The maximum atomic E-state index is 12.4.